The zero-order chi connectivity index (χ0) is 30.8. The summed E-state index contributed by atoms with van der Waals surface area (Å²) in [6, 6.07) is 14.1. The van der Waals surface area contributed by atoms with E-state index >= 15 is 0 Å². The Bertz CT molecular complexity index is 1700. The average molecular weight is 621 g/mol. The van der Waals surface area contributed by atoms with Crippen LogP contribution in [-0.2, 0) is 15.8 Å². The van der Waals surface area contributed by atoms with Gasteiger partial charge in [-0.1, -0.05) is 38.1 Å². The van der Waals surface area contributed by atoms with Crippen molar-refractivity contribution in [1.82, 2.24) is 9.80 Å². The Hall–Kier alpha value is -2.61. The Morgan fingerprint density at radius 3 is 2.43 bits per heavy atom. The number of amides is 1. The van der Waals surface area contributed by atoms with E-state index in [2.05, 4.69) is 69.8 Å². The van der Waals surface area contributed by atoms with Gasteiger partial charge < -0.3 is 19.6 Å². The minimum absolute atomic E-state index is 0.0813. The number of ether oxygens (including phenoxy) is 1. The lowest BCUT2D eigenvalue weighted by atomic mass is 9.51. The number of piperidine rings is 4. The molecule has 11 rings (SSSR count). The Morgan fingerprint density at radius 2 is 1.63 bits per heavy atom. The first kappa shape index (κ1) is 27.4. The summed E-state index contributed by atoms with van der Waals surface area (Å²) in [5.41, 5.74) is 4.14. The molecule has 2 aromatic carbocycles. The molecule has 9 atom stereocenters. The van der Waals surface area contributed by atoms with Crippen molar-refractivity contribution in [3.05, 3.63) is 53.1 Å². The lowest BCUT2D eigenvalue weighted by Crippen LogP contribution is -2.83. The Morgan fingerprint density at radius 1 is 0.870 bits per heavy atom. The molecule has 1 aliphatic carbocycles. The van der Waals surface area contributed by atoms with Gasteiger partial charge in [0.25, 0.3) is 0 Å². The molecule has 5 saturated heterocycles. The third-order valence-corrected chi connectivity index (χ3v) is 15.9. The zero-order valence-corrected chi connectivity index (χ0v) is 27.5. The molecule has 0 radical (unpaired) electrons. The van der Waals surface area contributed by atoms with Gasteiger partial charge in [0.15, 0.2) is 5.60 Å². The first-order valence-electron chi connectivity index (χ1n) is 18.6. The molecule has 9 aliphatic rings. The van der Waals surface area contributed by atoms with Crippen LogP contribution in [0.2, 0.25) is 0 Å². The predicted octanol–water partition coefficient (Wildman–Crippen LogP) is 5.83. The molecule has 2 spiro atoms. The second-order valence-electron chi connectivity index (χ2n) is 16.8. The molecule has 0 unspecified atom stereocenters. The number of benzene rings is 2. The molecule has 1 amide bonds. The monoisotopic (exact) mass is 620 g/mol. The third kappa shape index (κ3) is 2.62. The maximum absolute atomic E-state index is 13.4. The summed E-state index contributed by atoms with van der Waals surface area (Å²) in [5.74, 6) is 1.04. The van der Waals surface area contributed by atoms with E-state index in [0.29, 0.717) is 12.5 Å². The maximum atomic E-state index is 13.4. The number of carbonyl (C=O) groups excluding carboxylic acids is 1. The van der Waals surface area contributed by atoms with E-state index < -0.39 is 11.3 Å². The summed E-state index contributed by atoms with van der Waals surface area (Å²) in [6.07, 6.45) is 13.5. The number of carbonyl (C=O) groups is 1. The van der Waals surface area contributed by atoms with Gasteiger partial charge in [0.2, 0.25) is 12.1 Å². The fourth-order valence-electron chi connectivity index (χ4n) is 14.4. The third-order valence-electron chi connectivity index (χ3n) is 15.9. The molecule has 8 heterocycles. The molecule has 2 bridgehead atoms. The minimum Gasteiger partial charge on any atom is -0.462 e. The van der Waals surface area contributed by atoms with Crippen molar-refractivity contribution in [2.24, 2.45) is 10.8 Å². The van der Waals surface area contributed by atoms with Gasteiger partial charge in [0, 0.05) is 46.4 Å². The second-order valence-corrected chi connectivity index (χ2v) is 16.8. The van der Waals surface area contributed by atoms with Crippen molar-refractivity contribution < 1.29 is 14.6 Å². The van der Waals surface area contributed by atoms with Crippen molar-refractivity contribution in [2.45, 2.75) is 125 Å². The number of para-hydroxylation sites is 1. The molecule has 2 aromatic rings. The van der Waals surface area contributed by atoms with Gasteiger partial charge >= 0.3 is 0 Å². The van der Waals surface area contributed by atoms with Crippen LogP contribution >= 0.6 is 0 Å². The highest BCUT2D eigenvalue weighted by atomic mass is 16.5. The molecular formula is C39H48N4O3. The normalized spacial score (nSPS) is 45.6. The van der Waals surface area contributed by atoms with E-state index in [1.165, 1.54) is 56.2 Å². The van der Waals surface area contributed by atoms with Gasteiger partial charge in [-0.15, -0.1) is 0 Å². The van der Waals surface area contributed by atoms with Crippen molar-refractivity contribution in [2.75, 3.05) is 36.0 Å². The maximum Gasteiger partial charge on any atom is 0.232 e. The van der Waals surface area contributed by atoms with Crippen LogP contribution in [0.1, 0.15) is 107 Å². The average Bonchev–Trinajstić information content (AvgIpc) is 3.70. The van der Waals surface area contributed by atoms with Crippen LogP contribution in [0.25, 0.3) is 0 Å². The number of hydrogen-bond acceptors (Lipinski definition) is 6. The van der Waals surface area contributed by atoms with Gasteiger partial charge in [0.05, 0.1) is 17.8 Å². The van der Waals surface area contributed by atoms with Crippen LogP contribution in [0.5, 0.6) is 5.75 Å². The predicted molar refractivity (Wildman–Crippen MR) is 177 cm³/mol. The van der Waals surface area contributed by atoms with Crippen LogP contribution in [0.3, 0.4) is 0 Å². The quantitative estimate of drug-likeness (QED) is 0.436. The van der Waals surface area contributed by atoms with E-state index in [9.17, 15) is 9.90 Å². The van der Waals surface area contributed by atoms with Crippen LogP contribution < -0.4 is 14.5 Å². The molecule has 1 N–H and O–H groups in total. The number of anilines is 2. The van der Waals surface area contributed by atoms with E-state index in [4.69, 9.17) is 4.74 Å². The molecule has 46 heavy (non-hydrogen) atoms. The van der Waals surface area contributed by atoms with Crippen molar-refractivity contribution in [3.8, 4) is 5.75 Å². The Balaban J connectivity index is 1.21. The highest BCUT2D eigenvalue weighted by Crippen LogP contribution is 2.74. The van der Waals surface area contributed by atoms with Gasteiger partial charge in [0.1, 0.15) is 5.75 Å². The summed E-state index contributed by atoms with van der Waals surface area (Å²) in [7, 11) is 0. The van der Waals surface area contributed by atoms with E-state index in [0.717, 1.165) is 74.4 Å². The highest BCUT2D eigenvalue weighted by molar-refractivity contribution is 5.87. The zero-order valence-electron chi connectivity index (χ0n) is 27.5. The molecule has 0 aromatic heterocycles. The smallest absolute Gasteiger partial charge is 0.232 e. The molecule has 242 valence electrons. The first-order chi connectivity index (χ1) is 22.4. The second kappa shape index (κ2) is 8.51. The Kier molecular flexibility index (Phi) is 5.06. The van der Waals surface area contributed by atoms with Crippen molar-refractivity contribution in [3.63, 3.8) is 0 Å². The topological polar surface area (TPSA) is 59.5 Å². The van der Waals surface area contributed by atoms with Gasteiger partial charge in [-0.3, -0.25) is 14.6 Å². The number of aliphatic hydroxyl groups is 1. The molecule has 1 saturated carbocycles. The Labute approximate surface area is 272 Å². The molecule has 6 fully saturated rings. The number of rotatable bonds is 3. The number of nitrogens with zero attached hydrogens (tertiary/aromatic N) is 4. The molecule has 7 nitrogen and oxygen atoms in total. The van der Waals surface area contributed by atoms with Gasteiger partial charge in [-0.25, -0.2) is 0 Å². The summed E-state index contributed by atoms with van der Waals surface area (Å²) in [5, 5.41) is 13.4. The van der Waals surface area contributed by atoms with Crippen molar-refractivity contribution in [1.29, 1.82) is 0 Å². The van der Waals surface area contributed by atoms with E-state index in [1.54, 1.807) is 0 Å². The summed E-state index contributed by atoms with van der Waals surface area (Å²) in [6.45, 7) is 9.05. The fraction of sp³-hybridized carbons (Fsp3) is 0.667. The molecular weight excluding hydrogens is 572 g/mol. The number of hydrogen-bond donors (Lipinski definition) is 1. The minimum atomic E-state index is -1.10. The number of fused-ring (bicyclic) bond motifs is 6. The van der Waals surface area contributed by atoms with E-state index in [-0.39, 0.29) is 34.4 Å². The summed E-state index contributed by atoms with van der Waals surface area (Å²) in [4.78, 5) is 23.4. The fourth-order valence-corrected chi connectivity index (χ4v) is 14.4. The van der Waals surface area contributed by atoms with E-state index in [1.807, 2.05) is 0 Å². The van der Waals surface area contributed by atoms with Crippen LogP contribution in [0.4, 0.5) is 11.4 Å². The highest BCUT2D eigenvalue weighted by Gasteiger charge is 2.80. The van der Waals surface area contributed by atoms with Crippen LogP contribution in [-0.4, -0.2) is 71.3 Å². The largest absolute Gasteiger partial charge is 0.462 e. The molecule has 8 aliphatic heterocycles. The standard InChI is InChI=1S/C39H48N4O3/c1-3-35-14-7-19-40-21-17-37(33(35)40)30(13-16-35)42(24-44)28-12-11-25-29-23-36(4-2)15-8-20-41-22-18-38(45)26-9-5-6-10-27(26)43(29)39(38,34(36)41)46-32(25)31(28)37/h5-6,9-12,24,29-30,33-34,45H,3-4,7-8,13-23H2,1-2H3/t29-,30+,33+,34+,35+,36+,37-,38+,39+/m0/s1. The van der Waals surface area contributed by atoms with Crippen LogP contribution in [0, 0.1) is 10.8 Å². The SMILES string of the molecule is CC[C@@]12CCCN3CC[C@]4(c5c(ccc6c5O[C@@]57[C@@H]8N9CCC[C@]8(CC)C[C@@H]6N5c5ccccc5[C@]7(O)CC9)N(C=O)[C@@H]4CC1)[C@H]32. The van der Waals surface area contributed by atoms with Crippen LogP contribution in [0.15, 0.2) is 36.4 Å². The van der Waals surface area contributed by atoms with Gasteiger partial charge in [-0.05, 0) is 113 Å². The molecule has 7 heteroatoms. The summed E-state index contributed by atoms with van der Waals surface area (Å²) < 4.78 is 7.98. The summed E-state index contributed by atoms with van der Waals surface area (Å²) >= 11 is 0. The lowest BCUT2D eigenvalue weighted by molar-refractivity contribution is -0.259. The van der Waals surface area contributed by atoms with Crippen molar-refractivity contribution >= 4 is 17.8 Å². The van der Waals surface area contributed by atoms with Gasteiger partial charge in [-0.2, -0.15) is 0 Å². The first-order valence-corrected chi connectivity index (χ1v) is 18.6. The lowest BCUT2D eigenvalue weighted by Gasteiger charge is -2.71.